The number of rotatable bonds is 2. The molecular weight excluding hydrogens is 282 g/mol. The van der Waals surface area contributed by atoms with Crippen LogP contribution in [0, 0.1) is 0 Å². The highest BCUT2D eigenvalue weighted by molar-refractivity contribution is 9.10. The number of benzene rings is 1. The molecule has 1 N–H and O–H groups in total. The van der Waals surface area contributed by atoms with Gasteiger partial charge in [0.2, 0.25) is 0 Å². The molecule has 0 aliphatic carbocycles. The summed E-state index contributed by atoms with van der Waals surface area (Å²) in [6, 6.07) is 6.13. The van der Waals surface area contributed by atoms with Crippen molar-refractivity contribution in [2.24, 2.45) is 0 Å². The largest absolute Gasteiger partial charge is 0.467 e. The maximum Gasteiger partial charge on any atom is 0.331 e. The molecule has 2 rings (SSSR count). The van der Waals surface area contributed by atoms with Gasteiger partial charge in [-0.1, -0.05) is 28.9 Å². The molecule has 0 spiro atoms. The zero-order chi connectivity index (χ0) is 12.5. The third-order valence-corrected chi connectivity index (χ3v) is 3.94. The first-order chi connectivity index (χ1) is 8.11. The number of hydrogen-bond donors (Lipinski definition) is 1. The van der Waals surface area contributed by atoms with Crippen molar-refractivity contribution in [1.82, 2.24) is 0 Å². The van der Waals surface area contributed by atoms with Gasteiger partial charge in [-0.05, 0) is 37.0 Å². The number of nitrogens with one attached hydrogen (secondary N) is 1. The van der Waals surface area contributed by atoms with Crippen molar-refractivity contribution in [1.29, 1.82) is 0 Å². The van der Waals surface area contributed by atoms with E-state index in [2.05, 4.69) is 27.3 Å². The van der Waals surface area contributed by atoms with Crippen molar-refractivity contribution in [3.05, 3.63) is 28.2 Å². The number of carbonyl (C=O) groups excluding carboxylic acids is 1. The van der Waals surface area contributed by atoms with Crippen LogP contribution < -0.4 is 5.32 Å². The van der Waals surface area contributed by atoms with Crippen LogP contribution in [0.25, 0.3) is 0 Å². The first-order valence-electron chi connectivity index (χ1n) is 5.76. The molecule has 0 bridgehead atoms. The molecular formula is C13H16BrNO2. The molecule has 1 aromatic rings. The molecule has 0 radical (unpaired) electrons. The van der Waals surface area contributed by atoms with E-state index in [1.807, 2.05) is 19.1 Å². The Morgan fingerprint density at radius 3 is 3.00 bits per heavy atom. The van der Waals surface area contributed by atoms with E-state index in [-0.39, 0.29) is 5.97 Å². The number of aryl methyl sites for hydroxylation is 1. The van der Waals surface area contributed by atoms with Gasteiger partial charge in [-0.15, -0.1) is 0 Å². The molecule has 0 aromatic heterocycles. The molecule has 1 unspecified atom stereocenters. The molecule has 1 heterocycles. The number of methoxy groups -OCH3 is 1. The van der Waals surface area contributed by atoms with E-state index in [4.69, 9.17) is 4.74 Å². The first kappa shape index (κ1) is 12.4. The van der Waals surface area contributed by atoms with Crippen molar-refractivity contribution in [2.75, 3.05) is 12.4 Å². The second kappa shape index (κ2) is 4.69. The van der Waals surface area contributed by atoms with E-state index < -0.39 is 5.54 Å². The number of esters is 1. The lowest BCUT2D eigenvalue weighted by Gasteiger charge is -2.36. The van der Waals surface area contributed by atoms with Crippen LogP contribution in [-0.2, 0) is 16.0 Å². The van der Waals surface area contributed by atoms with E-state index in [9.17, 15) is 4.79 Å². The monoisotopic (exact) mass is 297 g/mol. The maximum absolute atomic E-state index is 11.9. The highest BCUT2D eigenvalue weighted by atomic mass is 79.9. The van der Waals surface area contributed by atoms with E-state index in [1.165, 1.54) is 12.7 Å². The molecule has 1 atom stereocenters. The Morgan fingerprint density at radius 2 is 2.35 bits per heavy atom. The van der Waals surface area contributed by atoms with Crippen LogP contribution in [-0.4, -0.2) is 18.6 Å². The fourth-order valence-corrected chi connectivity index (χ4v) is 2.67. The summed E-state index contributed by atoms with van der Waals surface area (Å²) in [5, 5.41) is 3.35. The molecule has 92 valence electrons. The fourth-order valence-electron chi connectivity index (χ4n) is 2.31. The van der Waals surface area contributed by atoms with Gasteiger partial charge in [0.05, 0.1) is 7.11 Å². The molecule has 0 saturated carbocycles. The van der Waals surface area contributed by atoms with Crippen molar-refractivity contribution in [3.8, 4) is 0 Å². The Morgan fingerprint density at radius 1 is 1.59 bits per heavy atom. The van der Waals surface area contributed by atoms with Crippen molar-refractivity contribution in [3.63, 3.8) is 0 Å². The molecule has 0 fully saturated rings. The second-order valence-electron chi connectivity index (χ2n) is 4.35. The molecule has 1 aliphatic rings. The van der Waals surface area contributed by atoms with Gasteiger partial charge in [0.1, 0.15) is 5.54 Å². The highest BCUT2D eigenvalue weighted by Gasteiger charge is 2.40. The summed E-state index contributed by atoms with van der Waals surface area (Å²) in [5.41, 5.74) is 1.71. The molecule has 0 amide bonds. The minimum absolute atomic E-state index is 0.175. The summed E-state index contributed by atoms with van der Waals surface area (Å²) in [4.78, 5) is 11.9. The minimum atomic E-state index is -0.567. The summed E-state index contributed by atoms with van der Waals surface area (Å²) >= 11 is 3.45. The average molecular weight is 298 g/mol. The Kier molecular flexibility index (Phi) is 3.43. The Hall–Kier alpha value is -1.03. The molecule has 1 aromatic carbocycles. The number of fused-ring (bicyclic) bond motifs is 1. The lowest BCUT2D eigenvalue weighted by atomic mass is 9.84. The normalized spacial score (nSPS) is 22.5. The minimum Gasteiger partial charge on any atom is -0.467 e. The standard InChI is InChI=1S/C13H16BrNO2/c1-3-13(12(16)17-2)7-6-9-4-5-10(14)8-11(9)15-13/h4-5,8,15H,3,6-7H2,1-2H3. The van der Waals surface area contributed by atoms with Crippen LogP contribution in [0.3, 0.4) is 0 Å². The van der Waals surface area contributed by atoms with Crippen LogP contribution in [0.15, 0.2) is 22.7 Å². The smallest absolute Gasteiger partial charge is 0.331 e. The molecule has 4 heteroatoms. The number of ether oxygens (including phenoxy) is 1. The summed E-state index contributed by atoms with van der Waals surface area (Å²) in [5.74, 6) is -0.175. The van der Waals surface area contributed by atoms with Gasteiger partial charge in [0.15, 0.2) is 0 Å². The molecule has 0 saturated heterocycles. The first-order valence-corrected chi connectivity index (χ1v) is 6.55. The predicted molar refractivity (Wildman–Crippen MR) is 71.1 cm³/mol. The maximum atomic E-state index is 11.9. The van der Waals surface area contributed by atoms with Gasteiger partial charge >= 0.3 is 5.97 Å². The lowest BCUT2D eigenvalue weighted by Crippen LogP contribution is -2.49. The van der Waals surface area contributed by atoms with Crippen molar-refractivity contribution in [2.45, 2.75) is 31.7 Å². The van der Waals surface area contributed by atoms with Crippen molar-refractivity contribution < 1.29 is 9.53 Å². The van der Waals surface area contributed by atoms with Gasteiger partial charge in [-0.25, -0.2) is 4.79 Å². The summed E-state index contributed by atoms with van der Waals surface area (Å²) in [7, 11) is 1.44. The predicted octanol–water partition coefficient (Wildman–Crippen LogP) is 3.13. The number of halogens is 1. The zero-order valence-electron chi connectivity index (χ0n) is 10.0. The van der Waals surface area contributed by atoms with Crippen LogP contribution in [0.2, 0.25) is 0 Å². The third kappa shape index (κ3) is 2.18. The third-order valence-electron chi connectivity index (χ3n) is 3.45. The van der Waals surface area contributed by atoms with Gasteiger partial charge in [-0.2, -0.15) is 0 Å². The van der Waals surface area contributed by atoms with Gasteiger partial charge in [0.25, 0.3) is 0 Å². The average Bonchev–Trinajstić information content (AvgIpc) is 2.36. The molecule has 1 aliphatic heterocycles. The van der Waals surface area contributed by atoms with Gasteiger partial charge in [-0.3, -0.25) is 0 Å². The van der Waals surface area contributed by atoms with E-state index in [1.54, 1.807) is 0 Å². The summed E-state index contributed by atoms with van der Waals surface area (Å²) in [6.07, 6.45) is 2.41. The van der Waals surface area contributed by atoms with Crippen LogP contribution >= 0.6 is 15.9 Å². The molecule has 3 nitrogen and oxygen atoms in total. The number of carbonyl (C=O) groups is 1. The Bertz CT molecular complexity index is 447. The fraction of sp³-hybridized carbons (Fsp3) is 0.462. The number of anilines is 1. The zero-order valence-corrected chi connectivity index (χ0v) is 11.6. The van der Waals surface area contributed by atoms with Gasteiger partial charge < -0.3 is 10.1 Å². The van der Waals surface area contributed by atoms with E-state index in [0.29, 0.717) is 0 Å². The summed E-state index contributed by atoms with van der Waals surface area (Å²) in [6.45, 7) is 2.01. The van der Waals surface area contributed by atoms with E-state index in [0.717, 1.165) is 29.4 Å². The molecule has 17 heavy (non-hydrogen) atoms. The Labute approximate surface area is 110 Å². The topological polar surface area (TPSA) is 38.3 Å². The highest BCUT2D eigenvalue weighted by Crippen LogP contribution is 2.35. The van der Waals surface area contributed by atoms with Crippen LogP contribution in [0.4, 0.5) is 5.69 Å². The van der Waals surface area contributed by atoms with Crippen LogP contribution in [0.5, 0.6) is 0 Å². The quantitative estimate of drug-likeness (QED) is 0.853. The SMILES string of the molecule is CCC1(C(=O)OC)CCc2ccc(Br)cc2N1. The van der Waals surface area contributed by atoms with E-state index >= 15 is 0 Å². The van der Waals surface area contributed by atoms with Crippen LogP contribution in [0.1, 0.15) is 25.3 Å². The van der Waals surface area contributed by atoms with Gasteiger partial charge in [0, 0.05) is 10.2 Å². The number of hydrogen-bond acceptors (Lipinski definition) is 3. The van der Waals surface area contributed by atoms with Crippen molar-refractivity contribution >= 4 is 27.6 Å². The lowest BCUT2D eigenvalue weighted by molar-refractivity contribution is -0.146. The summed E-state index contributed by atoms with van der Waals surface area (Å²) < 4.78 is 5.93. The second-order valence-corrected chi connectivity index (χ2v) is 5.27. The Balaban J connectivity index is 2.35.